The van der Waals surface area contributed by atoms with Gasteiger partial charge in [-0.3, -0.25) is 14.7 Å². The first-order chi connectivity index (χ1) is 10.7. The van der Waals surface area contributed by atoms with Gasteiger partial charge in [-0.15, -0.1) is 0 Å². The number of rotatable bonds is 4. The van der Waals surface area contributed by atoms with Gasteiger partial charge in [-0.1, -0.05) is 24.3 Å². The lowest BCUT2D eigenvalue weighted by Crippen LogP contribution is -2.27. The number of methoxy groups -OCH3 is 1. The highest BCUT2D eigenvalue weighted by Gasteiger charge is 2.02. The van der Waals surface area contributed by atoms with Gasteiger partial charge in [0.15, 0.2) is 0 Å². The van der Waals surface area contributed by atoms with Gasteiger partial charge >= 0.3 is 5.56 Å². The zero-order valence-corrected chi connectivity index (χ0v) is 12.2. The van der Waals surface area contributed by atoms with Crippen LogP contribution in [0.15, 0.2) is 52.1 Å². The maximum absolute atomic E-state index is 11.3. The molecule has 5 nitrogen and oxygen atoms in total. The van der Waals surface area contributed by atoms with Crippen molar-refractivity contribution in [1.82, 2.24) is 10.2 Å². The molecule has 0 aliphatic heterocycles. The van der Waals surface area contributed by atoms with E-state index in [1.165, 1.54) is 11.6 Å². The molecule has 2 N–H and O–H groups in total. The topological polar surface area (TPSA) is 75.0 Å². The molecule has 0 amide bonds. The van der Waals surface area contributed by atoms with Gasteiger partial charge in [0, 0.05) is 11.8 Å². The Bertz CT molecular complexity index is 925. The zero-order chi connectivity index (χ0) is 15.5. The molecule has 5 heteroatoms. The molecular weight excluding hydrogens is 280 g/mol. The van der Waals surface area contributed by atoms with Gasteiger partial charge in [0.1, 0.15) is 5.75 Å². The molecular formula is C17H16N2O3. The molecule has 1 heterocycles. The molecule has 1 aromatic heterocycles. The summed E-state index contributed by atoms with van der Waals surface area (Å²) in [6.07, 6.45) is 1.44. The Labute approximate surface area is 126 Å². The van der Waals surface area contributed by atoms with Gasteiger partial charge in [-0.2, -0.15) is 0 Å². The summed E-state index contributed by atoms with van der Waals surface area (Å²) >= 11 is 0. The van der Waals surface area contributed by atoms with Crippen LogP contribution in [0.1, 0.15) is 11.3 Å². The number of benzene rings is 2. The first kappa shape index (κ1) is 14.1. The highest BCUT2D eigenvalue weighted by Crippen LogP contribution is 2.22. The van der Waals surface area contributed by atoms with Gasteiger partial charge in [0.2, 0.25) is 5.43 Å². The van der Waals surface area contributed by atoms with Crippen LogP contribution in [-0.2, 0) is 12.8 Å². The summed E-state index contributed by atoms with van der Waals surface area (Å²) in [5.41, 5.74) is 0.756. The summed E-state index contributed by atoms with van der Waals surface area (Å²) in [5.74, 6) is 0.839. The van der Waals surface area contributed by atoms with Crippen LogP contribution < -0.4 is 15.7 Å². The standard InChI is InChI=1S/C17H16N2O3/c1-22-15-7-5-12-8-11(2-4-13(12)9-15)3-6-14-10-16(20)17(21)19-18-14/h2,4-5,7-10H,3,6H2,1H3,(H,18,20)(H,19,21). The highest BCUT2D eigenvalue weighted by atomic mass is 16.5. The fourth-order valence-corrected chi connectivity index (χ4v) is 2.43. The van der Waals surface area contributed by atoms with E-state index in [0.717, 1.165) is 28.6 Å². The summed E-state index contributed by atoms with van der Waals surface area (Å²) < 4.78 is 5.22. The number of fused-ring (bicyclic) bond motifs is 1. The fourth-order valence-electron chi connectivity index (χ4n) is 2.43. The van der Waals surface area contributed by atoms with Crippen LogP contribution in [0.2, 0.25) is 0 Å². The van der Waals surface area contributed by atoms with Crippen molar-refractivity contribution >= 4 is 10.8 Å². The van der Waals surface area contributed by atoms with E-state index in [2.05, 4.69) is 28.4 Å². The Hall–Kier alpha value is -2.82. The second-order valence-electron chi connectivity index (χ2n) is 5.16. The molecule has 112 valence electrons. The van der Waals surface area contributed by atoms with Crippen LogP contribution >= 0.6 is 0 Å². The van der Waals surface area contributed by atoms with Gasteiger partial charge in [-0.05, 0) is 41.3 Å². The van der Waals surface area contributed by atoms with Crippen molar-refractivity contribution < 1.29 is 4.74 Å². The van der Waals surface area contributed by atoms with Crippen LogP contribution in [0.25, 0.3) is 10.8 Å². The van der Waals surface area contributed by atoms with E-state index in [1.807, 2.05) is 18.2 Å². The predicted octanol–water partition coefficient (Wildman–Crippen LogP) is 2.01. The van der Waals surface area contributed by atoms with Crippen molar-refractivity contribution in [2.45, 2.75) is 12.8 Å². The van der Waals surface area contributed by atoms with Gasteiger partial charge in [-0.25, -0.2) is 0 Å². The minimum atomic E-state index is -0.622. The Morgan fingerprint density at radius 3 is 2.45 bits per heavy atom. The monoisotopic (exact) mass is 296 g/mol. The van der Waals surface area contributed by atoms with Crippen LogP contribution in [-0.4, -0.2) is 17.3 Å². The van der Waals surface area contributed by atoms with E-state index in [-0.39, 0.29) is 0 Å². The SMILES string of the molecule is COc1ccc2cc(CCc3cc(=O)c(=O)[nH][nH]3)ccc2c1. The quantitative estimate of drug-likeness (QED) is 0.723. The molecule has 0 bridgehead atoms. The van der Waals surface area contributed by atoms with E-state index in [1.54, 1.807) is 7.11 Å². The lowest BCUT2D eigenvalue weighted by atomic mass is 10.0. The van der Waals surface area contributed by atoms with Gasteiger partial charge in [0.25, 0.3) is 0 Å². The Kier molecular flexibility index (Phi) is 3.78. The average Bonchev–Trinajstić information content (AvgIpc) is 2.55. The molecule has 0 spiro atoms. The van der Waals surface area contributed by atoms with E-state index in [9.17, 15) is 9.59 Å². The molecule has 3 rings (SSSR count). The number of H-pyrrole nitrogens is 2. The maximum atomic E-state index is 11.3. The van der Waals surface area contributed by atoms with Crippen molar-refractivity contribution in [3.8, 4) is 5.75 Å². The second-order valence-corrected chi connectivity index (χ2v) is 5.16. The molecule has 0 aliphatic carbocycles. The number of nitrogens with one attached hydrogen (secondary N) is 2. The van der Waals surface area contributed by atoms with Crippen LogP contribution in [0.4, 0.5) is 0 Å². The fraction of sp³-hybridized carbons (Fsp3) is 0.176. The first-order valence-corrected chi connectivity index (χ1v) is 7.03. The van der Waals surface area contributed by atoms with E-state index < -0.39 is 11.0 Å². The minimum absolute atomic E-state index is 0.514. The summed E-state index contributed by atoms with van der Waals surface area (Å²) in [5, 5.41) is 7.36. The van der Waals surface area contributed by atoms with Crippen molar-refractivity contribution in [2.24, 2.45) is 0 Å². The molecule has 22 heavy (non-hydrogen) atoms. The molecule has 0 saturated heterocycles. The highest BCUT2D eigenvalue weighted by molar-refractivity contribution is 5.84. The van der Waals surface area contributed by atoms with E-state index in [4.69, 9.17) is 4.74 Å². The third-order valence-corrected chi connectivity index (χ3v) is 3.66. The number of aryl methyl sites for hydroxylation is 2. The third-order valence-electron chi connectivity index (χ3n) is 3.66. The Morgan fingerprint density at radius 1 is 0.909 bits per heavy atom. The number of aromatic nitrogens is 2. The number of aromatic amines is 2. The number of ether oxygens (including phenoxy) is 1. The molecule has 3 aromatic rings. The van der Waals surface area contributed by atoms with E-state index >= 15 is 0 Å². The molecule has 0 unspecified atom stereocenters. The second kappa shape index (κ2) is 5.89. The summed E-state index contributed by atoms with van der Waals surface area (Å²) in [6, 6.07) is 13.6. The molecule has 0 saturated carbocycles. The van der Waals surface area contributed by atoms with Crippen molar-refractivity contribution in [3.63, 3.8) is 0 Å². The largest absolute Gasteiger partial charge is 0.497 e. The lowest BCUT2D eigenvalue weighted by Gasteiger charge is -2.06. The average molecular weight is 296 g/mol. The van der Waals surface area contributed by atoms with E-state index in [0.29, 0.717) is 6.42 Å². The van der Waals surface area contributed by atoms with Crippen LogP contribution in [0.3, 0.4) is 0 Å². The Morgan fingerprint density at radius 2 is 1.68 bits per heavy atom. The summed E-state index contributed by atoms with van der Waals surface area (Å²) in [7, 11) is 1.65. The summed E-state index contributed by atoms with van der Waals surface area (Å²) in [6.45, 7) is 0. The molecule has 0 fully saturated rings. The molecule has 0 aliphatic rings. The number of hydrogen-bond donors (Lipinski definition) is 2. The minimum Gasteiger partial charge on any atom is -0.497 e. The maximum Gasteiger partial charge on any atom is 0.310 e. The molecule has 0 atom stereocenters. The molecule has 0 radical (unpaired) electrons. The third kappa shape index (κ3) is 2.93. The predicted molar refractivity (Wildman–Crippen MR) is 85.6 cm³/mol. The van der Waals surface area contributed by atoms with Gasteiger partial charge in [0.05, 0.1) is 7.11 Å². The van der Waals surface area contributed by atoms with Crippen molar-refractivity contribution in [1.29, 1.82) is 0 Å². The zero-order valence-electron chi connectivity index (χ0n) is 12.2. The van der Waals surface area contributed by atoms with Crippen LogP contribution in [0, 0.1) is 0 Å². The lowest BCUT2D eigenvalue weighted by molar-refractivity contribution is 0.415. The van der Waals surface area contributed by atoms with Crippen LogP contribution in [0.5, 0.6) is 5.75 Å². The number of hydrogen-bond acceptors (Lipinski definition) is 3. The van der Waals surface area contributed by atoms with Crippen molar-refractivity contribution in [2.75, 3.05) is 7.11 Å². The first-order valence-electron chi connectivity index (χ1n) is 7.03. The van der Waals surface area contributed by atoms with Gasteiger partial charge < -0.3 is 9.84 Å². The molecule has 2 aromatic carbocycles. The smallest absolute Gasteiger partial charge is 0.310 e. The Balaban J connectivity index is 1.80. The normalized spacial score (nSPS) is 10.8. The van der Waals surface area contributed by atoms with Crippen molar-refractivity contribution in [3.05, 3.63) is 74.3 Å². The summed E-state index contributed by atoms with van der Waals surface area (Å²) in [4.78, 5) is 22.3.